The van der Waals surface area contributed by atoms with Gasteiger partial charge in [-0.2, -0.15) is 0 Å². The fourth-order valence-electron chi connectivity index (χ4n) is 6.31. The van der Waals surface area contributed by atoms with E-state index >= 15 is 0 Å². The molecule has 6 aromatic carbocycles. The van der Waals surface area contributed by atoms with Crippen molar-refractivity contribution in [2.24, 2.45) is 0 Å². The predicted octanol–water partition coefficient (Wildman–Crippen LogP) is 10.6. The summed E-state index contributed by atoms with van der Waals surface area (Å²) in [4.78, 5) is 7.34. The van der Waals surface area contributed by atoms with Crippen LogP contribution in [0.5, 0.6) is 0 Å². The second kappa shape index (κ2) is 9.24. The van der Waals surface area contributed by atoms with Gasteiger partial charge in [0.1, 0.15) is 0 Å². The molecule has 0 aliphatic rings. The number of hydrogen-bond donors (Lipinski definition) is 0. The van der Waals surface area contributed by atoms with Crippen LogP contribution in [0.4, 0.5) is 11.4 Å². The van der Waals surface area contributed by atoms with Crippen molar-refractivity contribution in [1.82, 2.24) is 9.13 Å². The Hall–Kier alpha value is -6.10. The number of fused-ring (bicyclic) bond motifs is 6. The molecule has 0 bridgehead atoms. The molecule has 0 saturated heterocycles. The lowest BCUT2D eigenvalue weighted by Crippen LogP contribution is -2.00. The maximum Gasteiger partial charge on any atom is 0.177 e. The first-order valence-corrected chi connectivity index (χ1v) is 13.8. The Morgan fingerprint density at radius 2 is 0.714 bits per heavy atom. The molecular formula is C38H22N4. The van der Waals surface area contributed by atoms with E-state index in [-0.39, 0.29) is 0 Å². The van der Waals surface area contributed by atoms with Crippen molar-refractivity contribution in [3.05, 3.63) is 156 Å². The third kappa shape index (κ3) is 3.53. The first-order chi connectivity index (χ1) is 20.7. The molecule has 2 aromatic heterocycles. The van der Waals surface area contributed by atoms with Crippen LogP contribution >= 0.6 is 0 Å². The molecule has 4 nitrogen and oxygen atoms in total. The van der Waals surface area contributed by atoms with Crippen molar-refractivity contribution in [1.29, 1.82) is 0 Å². The number of hydrogen-bond acceptors (Lipinski definition) is 0. The third-order valence-corrected chi connectivity index (χ3v) is 8.07. The highest BCUT2D eigenvalue weighted by molar-refractivity contribution is 6.10. The van der Waals surface area contributed by atoms with Gasteiger partial charge in [-0.25, -0.2) is 9.69 Å². The molecule has 0 atom stereocenters. The minimum absolute atomic E-state index is 0.458. The Bertz CT molecular complexity index is 2170. The van der Waals surface area contributed by atoms with Crippen LogP contribution in [0, 0.1) is 13.1 Å². The number of para-hydroxylation sites is 4. The van der Waals surface area contributed by atoms with Gasteiger partial charge in [-0.05, 0) is 53.6 Å². The summed E-state index contributed by atoms with van der Waals surface area (Å²) in [5.41, 5.74) is 9.24. The zero-order chi connectivity index (χ0) is 28.2. The van der Waals surface area contributed by atoms with E-state index in [0.29, 0.717) is 11.4 Å². The summed E-state index contributed by atoms with van der Waals surface area (Å²) in [6.07, 6.45) is 0. The lowest BCUT2D eigenvalue weighted by Gasteiger charge is -2.16. The lowest BCUT2D eigenvalue weighted by molar-refractivity contribution is 1.13. The Kier molecular flexibility index (Phi) is 5.22. The molecule has 42 heavy (non-hydrogen) atoms. The second-order valence-electron chi connectivity index (χ2n) is 10.4. The normalized spacial score (nSPS) is 11.3. The monoisotopic (exact) mass is 534 g/mol. The van der Waals surface area contributed by atoms with Gasteiger partial charge in [0, 0.05) is 32.9 Å². The second-order valence-corrected chi connectivity index (χ2v) is 10.4. The molecule has 0 aliphatic carbocycles. The van der Waals surface area contributed by atoms with Crippen LogP contribution in [0.15, 0.2) is 133 Å². The predicted molar refractivity (Wildman–Crippen MR) is 173 cm³/mol. The molecule has 0 fully saturated rings. The van der Waals surface area contributed by atoms with Crippen LogP contribution < -0.4 is 0 Å². The molecule has 8 aromatic rings. The maximum atomic E-state index is 7.66. The van der Waals surface area contributed by atoms with Gasteiger partial charge in [0.05, 0.1) is 35.2 Å². The van der Waals surface area contributed by atoms with Crippen LogP contribution in [-0.4, -0.2) is 9.13 Å². The van der Waals surface area contributed by atoms with E-state index in [9.17, 15) is 0 Å². The van der Waals surface area contributed by atoms with Gasteiger partial charge in [-0.3, -0.25) is 0 Å². The first kappa shape index (κ1) is 23.8. The number of benzene rings is 6. The summed E-state index contributed by atoms with van der Waals surface area (Å²) in [5.74, 6) is 0. The van der Waals surface area contributed by atoms with Gasteiger partial charge in [0.15, 0.2) is 11.4 Å². The molecule has 2 heterocycles. The zero-order valence-electron chi connectivity index (χ0n) is 22.5. The van der Waals surface area contributed by atoms with Crippen LogP contribution in [0.1, 0.15) is 0 Å². The van der Waals surface area contributed by atoms with E-state index in [2.05, 4.69) is 134 Å². The smallest absolute Gasteiger partial charge is 0.177 e. The van der Waals surface area contributed by atoms with Crippen LogP contribution in [0.3, 0.4) is 0 Å². The maximum absolute atomic E-state index is 7.66. The van der Waals surface area contributed by atoms with Gasteiger partial charge >= 0.3 is 0 Å². The molecule has 0 unspecified atom stereocenters. The number of nitrogens with zero attached hydrogens (tertiary/aromatic N) is 4. The van der Waals surface area contributed by atoms with Crippen molar-refractivity contribution in [2.75, 3.05) is 0 Å². The summed E-state index contributed by atoms with van der Waals surface area (Å²) in [6, 6.07) is 46.0. The zero-order valence-corrected chi connectivity index (χ0v) is 22.5. The SMILES string of the molecule is [C-]#[N+]c1cc([N+]#[C-])cc(-c2cc(-n3c4ccccc4c4ccccc43)cc(-n3c4ccccc4c4ccccc43)c2)c1. The van der Waals surface area contributed by atoms with Crippen LogP contribution in [0.25, 0.3) is 75.8 Å². The van der Waals surface area contributed by atoms with Gasteiger partial charge in [-0.15, -0.1) is 0 Å². The van der Waals surface area contributed by atoms with E-state index in [1.54, 1.807) is 6.07 Å². The van der Waals surface area contributed by atoms with Gasteiger partial charge in [0.25, 0.3) is 0 Å². The molecule has 0 aliphatic heterocycles. The lowest BCUT2D eigenvalue weighted by atomic mass is 10.0. The summed E-state index contributed by atoms with van der Waals surface area (Å²) in [7, 11) is 0. The topological polar surface area (TPSA) is 18.6 Å². The Morgan fingerprint density at radius 3 is 1.07 bits per heavy atom. The van der Waals surface area contributed by atoms with E-state index in [1.165, 1.54) is 21.5 Å². The summed E-state index contributed by atoms with van der Waals surface area (Å²) in [6.45, 7) is 15.3. The summed E-state index contributed by atoms with van der Waals surface area (Å²) in [5, 5.41) is 4.79. The van der Waals surface area contributed by atoms with Crippen molar-refractivity contribution >= 4 is 55.0 Å². The van der Waals surface area contributed by atoms with Gasteiger partial charge in [-0.1, -0.05) is 91.0 Å². The van der Waals surface area contributed by atoms with Crippen LogP contribution in [-0.2, 0) is 0 Å². The molecule has 0 amide bonds. The van der Waals surface area contributed by atoms with Crippen molar-refractivity contribution in [3.63, 3.8) is 0 Å². The highest BCUT2D eigenvalue weighted by Crippen LogP contribution is 2.39. The molecular weight excluding hydrogens is 512 g/mol. The third-order valence-electron chi connectivity index (χ3n) is 8.07. The van der Waals surface area contributed by atoms with Crippen molar-refractivity contribution in [3.8, 4) is 22.5 Å². The van der Waals surface area contributed by atoms with E-state index < -0.39 is 0 Å². The minimum Gasteiger partial charge on any atom is -0.309 e. The first-order valence-electron chi connectivity index (χ1n) is 13.8. The average molecular weight is 535 g/mol. The molecule has 0 N–H and O–H groups in total. The number of aromatic nitrogens is 2. The van der Waals surface area contributed by atoms with E-state index in [1.807, 2.05) is 12.1 Å². The molecule has 8 rings (SSSR count). The molecule has 4 heteroatoms. The standard InChI is InChI=1S/C38H22N4/c1-39-27-19-25(20-28(23-27)40-2)26-21-29(41-35-15-7-3-11-31(35)32-12-4-8-16-36(32)41)24-30(22-26)42-37-17-9-5-13-33(37)34-14-6-10-18-38(34)42/h3-24H. The quantitative estimate of drug-likeness (QED) is 0.201. The Morgan fingerprint density at radius 1 is 0.381 bits per heavy atom. The minimum atomic E-state index is 0.458. The average Bonchev–Trinajstić information content (AvgIpc) is 3.57. The van der Waals surface area contributed by atoms with E-state index in [0.717, 1.165) is 44.6 Å². The fraction of sp³-hybridized carbons (Fsp3) is 0. The van der Waals surface area contributed by atoms with Gasteiger partial charge in [0.2, 0.25) is 0 Å². The fourth-order valence-corrected chi connectivity index (χ4v) is 6.31. The highest BCUT2D eigenvalue weighted by atomic mass is 15.0. The molecule has 0 radical (unpaired) electrons. The van der Waals surface area contributed by atoms with Crippen molar-refractivity contribution < 1.29 is 0 Å². The highest BCUT2D eigenvalue weighted by Gasteiger charge is 2.17. The van der Waals surface area contributed by atoms with Gasteiger partial charge < -0.3 is 9.13 Å². The number of rotatable bonds is 3. The molecule has 194 valence electrons. The van der Waals surface area contributed by atoms with Crippen LogP contribution in [0.2, 0.25) is 0 Å². The molecule has 0 spiro atoms. The summed E-state index contributed by atoms with van der Waals surface area (Å²) >= 11 is 0. The summed E-state index contributed by atoms with van der Waals surface area (Å²) < 4.78 is 4.64. The van der Waals surface area contributed by atoms with E-state index in [4.69, 9.17) is 13.1 Å². The van der Waals surface area contributed by atoms with Crippen molar-refractivity contribution in [2.45, 2.75) is 0 Å². The molecule has 0 saturated carbocycles. The Labute approximate surface area is 242 Å². The Balaban J connectivity index is 1.51. The largest absolute Gasteiger partial charge is 0.309 e.